The minimum absolute atomic E-state index is 0.0852. The number of halogens is 1. The summed E-state index contributed by atoms with van der Waals surface area (Å²) in [5.41, 5.74) is 1.92. The molecule has 0 aliphatic carbocycles. The SMILES string of the molecule is O=C1CSC(c2ccc(F)cc2)N1Cc1ccc2c(c1)OCO2. The van der Waals surface area contributed by atoms with Gasteiger partial charge >= 0.3 is 0 Å². The molecule has 0 spiro atoms. The van der Waals surface area contributed by atoms with Crippen LogP contribution < -0.4 is 9.47 Å². The number of hydrogen-bond donors (Lipinski definition) is 0. The molecule has 1 fully saturated rings. The number of rotatable bonds is 3. The van der Waals surface area contributed by atoms with Crippen molar-refractivity contribution in [3.63, 3.8) is 0 Å². The second-order valence-corrected chi connectivity index (χ2v) is 6.49. The Kier molecular flexibility index (Phi) is 3.61. The highest BCUT2D eigenvalue weighted by Crippen LogP contribution is 2.40. The summed E-state index contributed by atoms with van der Waals surface area (Å²) in [6.07, 6.45) is 0. The van der Waals surface area contributed by atoms with Crippen LogP contribution >= 0.6 is 11.8 Å². The zero-order valence-corrected chi connectivity index (χ0v) is 13.0. The van der Waals surface area contributed by atoms with Crippen molar-refractivity contribution in [1.82, 2.24) is 4.90 Å². The van der Waals surface area contributed by atoms with E-state index in [1.54, 1.807) is 23.9 Å². The summed E-state index contributed by atoms with van der Waals surface area (Å²) in [4.78, 5) is 14.1. The van der Waals surface area contributed by atoms with Crippen LogP contribution in [0.2, 0.25) is 0 Å². The van der Waals surface area contributed by atoms with Gasteiger partial charge in [-0.3, -0.25) is 4.79 Å². The van der Waals surface area contributed by atoms with Gasteiger partial charge in [0, 0.05) is 6.54 Å². The van der Waals surface area contributed by atoms with Crippen molar-refractivity contribution >= 4 is 17.7 Å². The molecule has 1 unspecified atom stereocenters. The molecular formula is C17H14FNO3S. The van der Waals surface area contributed by atoms with Crippen molar-refractivity contribution < 1.29 is 18.7 Å². The summed E-state index contributed by atoms with van der Waals surface area (Å²) >= 11 is 1.56. The summed E-state index contributed by atoms with van der Waals surface area (Å²) in [5.74, 6) is 1.69. The second-order valence-electron chi connectivity index (χ2n) is 5.42. The second kappa shape index (κ2) is 5.77. The van der Waals surface area contributed by atoms with E-state index in [1.807, 2.05) is 23.1 Å². The molecule has 0 bridgehead atoms. The Morgan fingerprint density at radius 3 is 2.74 bits per heavy atom. The molecule has 23 heavy (non-hydrogen) atoms. The summed E-state index contributed by atoms with van der Waals surface area (Å²) in [6.45, 7) is 0.722. The molecule has 2 aliphatic heterocycles. The molecule has 2 aromatic carbocycles. The molecule has 0 saturated carbocycles. The molecule has 1 amide bonds. The summed E-state index contributed by atoms with van der Waals surface area (Å²) in [7, 11) is 0. The third-order valence-electron chi connectivity index (χ3n) is 3.91. The zero-order valence-electron chi connectivity index (χ0n) is 12.2. The van der Waals surface area contributed by atoms with Gasteiger partial charge in [-0.2, -0.15) is 0 Å². The maximum absolute atomic E-state index is 13.1. The highest BCUT2D eigenvalue weighted by Gasteiger charge is 2.33. The fraction of sp³-hybridized carbons (Fsp3) is 0.235. The fourth-order valence-electron chi connectivity index (χ4n) is 2.76. The first-order valence-corrected chi connectivity index (χ1v) is 8.31. The molecule has 1 saturated heterocycles. The van der Waals surface area contributed by atoms with Crippen LogP contribution in [0.15, 0.2) is 42.5 Å². The van der Waals surface area contributed by atoms with E-state index in [2.05, 4.69) is 0 Å². The van der Waals surface area contributed by atoms with Crippen molar-refractivity contribution in [1.29, 1.82) is 0 Å². The van der Waals surface area contributed by atoms with Gasteiger partial charge in [0.05, 0.1) is 5.75 Å². The van der Waals surface area contributed by atoms with E-state index in [4.69, 9.17) is 9.47 Å². The van der Waals surface area contributed by atoms with Crippen molar-refractivity contribution in [2.45, 2.75) is 11.9 Å². The first kappa shape index (κ1) is 14.4. The van der Waals surface area contributed by atoms with E-state index >= 15 is 0 Å². The number of carbonyl (C=O) groups is 1. The Morgan fingerprint density at radius 2 is 1.91 bits per heavy atom. The number of ether oxygens (including phenoxy) is 2. The predicted octanol–water partition coefficient (Wildman–Crippen LogP) is 3.33. The van der Waals surface area contributed by atoms with Crippen LogP contribution in [0.3, 0.4) is 0 Å². The third-order valence-corrected chi connectivity index (χ3v) is 5.17. The summed E-state index contributed by atoms with van der Waals surface area (Å²) < 4.78 is 23.8. The molecule has 2 heterocycles. The molecule has 118 valence electrons. The number of fused-ring (bicyclic) bond motifs is 1. The summed E-state index contributed by atoms with van der Waals surface area (Å²) in [6, 6.07) is 12.0. The van der Waals surface area contributed by atoms with Gasteiger partial charge in [0.25, 0.3) is 0 Å². The number of benzene rings is 2. The lowest BCUT2D eigenvalue weighted by molar-refractivity contribution is -0.128. The standard InChI is InChI=1S/C17H14FNO3S/c18-13-4-2-12(3-5-13)17-19(16(20)9-23-17)8-11-1-6-14-15(7-11)22-10-21-14/h1-7,17H,8-10H2. The van der Waals surface area contributed by atoms with Crippen LogP contribution in [0, 0.1) is 5.82 Å². The Labute approximate surface area is 137 Å². The Balaban J connectivity index is 1.58. The van der Waals surface area contributed by atoms with E-state index in [1.165, 1.54) is 12.1 Å². The van der Waals surface area contributed by atoms with E-state index in [0.717, 1.165) is 16.9 Å². The molecule has 0 N–H and O–H groups in total. The maximum atomic E-state index is 13.1. The van der Waals surface area contributed by atoms with Gasteiger partial charge in [-0.25, -0.2) is 4.39 Å². The van der Waals surface area contributed by atoms with Gasteiger partial charge in [0.1, 0.15) is 11.2 Å². The topological polar surface area (TPSA) is 38.8 Å². The molecule has 6 heteroatoms. The van der Waals surface area contributed by atoms with Crippen LogP contribution in [0.5, 0.6) is 11.5 Å². The van der Waals surface area contributed by atoms with E-state index in [0.29, 0.717) is 18.0 Å². The quantitative estimate of drug-likeness (QED) is 0.865. The molecule has 4 nitrogen and oxygen atoms in total. The van der Waals surface area contributed by atoms with Crippen molar-refractivity contribution in [3.8, 4) is 11.5 Å². The van der Waals surface area contributed by atoms with Crippen molar-refractivity contribution in [2.24, 2.45) is 0 Å². The number of carbonyl (C=O) groups excluding carboxylic acids is 1. The van der Waals surface area contributed by atoms with Gasteiger partial charge in [-0.1, -0.05) is 18.2 Å². The minimum Gasteiger partial charge on any atom is -0.454 e. The maximum Gasteiger partial charge on any atom is 0.234 e. The first-order chi connectivity index (χ1) is 11.2. The average Bonchev–Trinajstić information content (AvgIpc) is 3.16. The largest absolute Gasteiger partial charge is 0.454 e. The lowest BCUT2D eigenvalue weighted by Crippen LogP contribution is -2.27. The van der Waals surface area contributed by atoms with Crippen LogP contribution in [-0.4, -0.2) is 23.4 Å². The first-order valence-electron chi connectivity index (χ1n) is 7.26. The molecule has 1 atom stereocenters. The van der Waals surface area contributed by atoms with Crippen LogP contribution in [0.4, 0.5) is 4.39 Å². The van der Waals surface area contributed by atoms with Crippen LogP contribution in [0.1, 0.15) is 16.5 Å². The van der Waals surface area contributed by atoms with E-state index < -0.39 is 0 Å². The smallest absolute Gasteiger partial charge is 0.234 e. The lowest BCUT2D eigenvalue weighted by atomic mass is 10.1. The zero-order chi connectivity index (χ0) is 15.8. The monoisotopic (exact) mass is 331 g/mol. The fourth-order valence-corrected chi connectivity index (χ4v) is 3.95. The summed E-state index contributed by atoms with van der Waals surface area (Å²) in [5, 5.41) is -0.0893. The van der Waals surface area contributed by atoms with Gasteiger partial charge in [-0.15, -0.1) is 11.8 Å². The highest BCUT2D eigenvalue weighted by atomic mass is 32.2. The van der Waals surface area contributed by atoms with Gasteiger partial charge in [-0.05, 0) is 35.4 Å². The third kappa shape index (κ3) is 2.74. The molecular weight excluding hydrogens is 317 g/mol. The van der Waals surface area contributed by atoms with Crippen molar-refractivity contribution in [2.75, 3.05) is 12.5 Å². The van der Waals surface area contributed by atoms with Crippen LogP contribution in [-0.2, 0) is 11.3 Å². The van der Waals surface area contributed by atoms with E-state index in [-0.39, 0.29) is 23.9 Å². The molecule has 2 aromatic rings. The Morgan fingerprint density at radius 1 is 1.13 bits per heavy atom. The van der Waals surface area contributed by atoms with Gasteiger partial charge in [0.2, 0.25) is 12.7 Å². The lowest BCUT2D eigenvalue weighted by Gasteiger charge is -2.24. The average molecular weight is 331 g/mol. The molecule has 4 rings (SSSR count). The highest BCUT2D eigenvalue weighted by molar-refractivity contribution is 8.00. The van der Waals surface area contributed by atoms with Crippen LogP contribution in [0.25, 0.3) is 0 Å². The van der Waals surface area contributed by atoms with Gasteiger partial charge < -0.3 is 14.4 Å². The van der Waals surface area contributed by atoms with E-state index in [9.17, 15) is 9.18 Å². The number of nitrogens with zero attached hydrogens (tertiary/aromatic N) is 1. The minimum atomic E-state index is -0.273. The Bertz CT molecular complexity index is 750. The number of hydrogen-bond acceptors (Lipinski definition) is 4. The normalized spacial score (nSPS) is 19.4. The molecule has 0 aromatic heterocycles. The van der Waals surface area contributed by atoms with Gasteiger partial charge in [0.15, 0.2) is 11.5 Å². The Hall–Kier alpha value is -2.21. The molecule has 2 aliphatic rings. The predicted molar refractivity (Wildman–Crippen MR) is 84.7 cm³/mol. The number of thioether (sulfide) groups is 1. The number of amides is 1. The molecule has 0 radical (unpaired) electrons. The van der Waals surface area contributed by atoms with Crippen molar-refractivity contribution in [3.05, 3.63) is 59.4 Å².